The summed E-state index contributed by atoms with van der Waals surface area (Å²) in [7, 11) is -6.56. The highest BCUT2D eigenvalue weighted by atomic mass is 32.2. The molecule has 0 aliphatic rings. The molecule has 0 aliphatic heterocycles. The number of hydrogen-bond acceptors (Lipinski definition) is 11. The third kappa shape index (κ3) is 14.2. The molecular weight excluding hydrogens is 1210 g/mol. The largest absolute Gasteiger partial charge is 0.463 e. The summed E-state index contributed by atoms with van der Waals surface area (Å²) in [5.74, 6) is -103. The Morgan fingerprint density at radius 1 is 0.342 bits per heavy atom. The van der Waals surface area contributed by atoms with Gasteiger partial charge in [-0.15, -0.1) is 0 Å². The van der Waals surface area contributed by atoms with Crippen molar-refractivity contribution in [1.82, 2.24) is 0 Å². The first-order valence-corrected chi connectivity index (χ1v) is 19.5. The first-order chi connectivity index (χ1) is 33.1. The van der Waals surface area contributed by atoms with E-state index in [0.29, 0.717) is 0 Å². The summed E-state index contributed by atoms with van der Waals surface area (Å²) in [6.07, 6.45) is -25.2. The summed E-state index contributed by atoms with van der Waals surface area (Å²) in [4.78, 5) is 37.7. The van der Waals surface area contributed by atoms with Gasteiger partial charge in [-0.2, -0.15) is 153 Å². The second kappa shape index (κ2) is 22.9. The van der Waals surface area contributed by atoms with Gasteiger partial charge in [0.05, 0.1) is 32.2 Å². The van der Waals surface area contributed by atoms with Gasteiger partial charge in [0.1, 0.15) is 39.6 Å². The van der Waals surface area contributed by atoms with Crippen molar-refractivity contribution in [3.63, 3.8) is 0 Å². The van der Waals surface area contributed by atoms with Crippen LogP contribution in [0.15, 0.2) is 0 Å². The Morgan fingerprint density at radius 2 is 0.579 bits per heavy atom. The van der Waals surface area contributed by atoms with E-state index in [2.05, 4.69) is 28.4 Å². The highest BCUT2D eigenvalue weighted by molar-refractivity contribution is 7.87. The number of halogens is 33. The summed E-state index contributed by atoms with van der Waals surface area (Å²) in [6.45, 7) is -22.0. The second-order valence-corrected chi connectivity index (χ2v) is 15.8. The highest BCUT2D eigenvalue weighted by Crippen LogP contribution is 2.60. The molecule has 0 rings (SSSR count). The summed E-state index contributed by atoms with van der Waals surface area (Å²) >= 11 is 0. The minimum atomic E-state index is -8.01. The maximum atomic E-state index is 13.9. The van der Waals surface area contributed by atoms with Crippen molar-refractivity contribution >= 4 is 28.0 Å². The third-order valence-electron chi connectivity index (χ3n) is 8.70. The van der Waals surface area contributed by atoms with Gasteiger partial charge >= 0.3 is 108 Å². The molecule has 46 heteroatoms. The lowest BCUT2D eigenvalue weighted by atomic mass is 9.98. The number of esters is 3. The van der Waals surface area contributed by atoms with Crippen LogP contribution >= 0.6 is 0 Å². The summed E-state index contributed by atoms with van der Waals surface area (Å²) < 4.78 is 491. The molecule has 2 atom stereocenters. The van der Waals surface area contributed by atoms with Gasteiger partial charge in [-0.1, -0.05) is 0 Å². The third-order valence-corrected chi connectivity index (χ3v) is 9.87. The van der Waals surface area contributed by atoms with Crippen LogP contribution in [-0.4, -0.2) is 185 Å². The van der Waals surface area contributed by atoms with Crippen molar-refractivity contribution < 1.29 is 201 Å². The van der Waals surface area contributed by atoms with Crippen molar-refractivity contribution in [3.05, 3.63) is 0 Å². The van der Waals surface area contributed by atoms with Crippen LogP contribution in [0.2, 0.25) is 0 Å². The average molecular weight is 1230 g/mol. The van der Waals surface area contributed by atoms with Gasteiger partial charge in [-0.3, -0.25) is 18.9 Å². The lowest BCUT2D eigenvalue weighted by Gasteiger charge is -2.37. The van der Waals surface area contributed by atoms with Crippen molar-refractivity contribution in [3.8, 4) is 0 Å². The number of rotatable bonds is 30. The minimum absolute atomic E-state index is 1.86. The Bertz CT molecular complexity index is 2090. The van der Waals surface area contributed by atoms with Gasteiger partial charge in [0.15, 0.2) is 5.25 Å². The van der Waals surface area contributed by atoms with Crippen LogP contribution in [0.4, 0.5) is 145 Å². The van der Waals surface area contributed by atoms with Crippen LogP contribution in [0.1, 0.15) is 6.42 Å². The van der Waals surface area contributed by atoms with E-state index in [1.807, 2.05) is 0 Å². The molecule has 0 radical (unpaired) electrons. The Morgan fingerprint density at radius 3 is 0.816 bits per heavy atom. The Balaban J connectivity index is 6.51. The molecule has 0 aromatic heterocycles. The maximum Gasteiger partial charge on any atom is 0.460 e. The summed E-state index contributed by atoms with van der Waals surface area (Å²) in [5, 5.41) is -3.92. The first-order valence-electron chi connectivity index (χ1n) is 18.0. The minimum Gasteiger partial charge on any atom is -0.463 e. The fraction of sp³-hybridized carbons (Fsp3) is 0.900. The molecule has 452 valence electrons. The molecule has 0 bridgehead atoms. The van der Waals surface area contributed by atoms with Crippen LogP contribution in [0.5, 0.6) is 0 Å². The highest BCUT2D eigenvalue weighted by Gasteiger charge is 2.89. The predicted molar refractivity (Wildman–Crippen MR) is 166 cm³/mol. The van der Waals surface area contributed by atoms with Gasteiger partial charge < -0.3 is 28.4 Å². The van der Waals surface area contributed by atoms with Crippen molar-refractivity contribution in [1.29, 1.82) is 0 Å². The smallest absolute Gasteiger partial charge is 0.460 e. The average Bonchev–Trinajstić information content (AvgIpc) is 3.20. The topological polar surface area (TPSA) is 161 Å². The quantitative estimate of drug-likeness (QED) is 0.0239. The van der Waals surface area contributed by atoms with E-state index in [1.54, 1.807) is 0 Å². The molecule has 0 amide bonds. The van der Waals surface area contributed by atoms with E-state index in [-0.39, 0.29) is 0 Å². The Hall–Kier alpha value is -4.11. The maximum absolute atomic E-state index is 13.9. The standard InChI is InChI=1S/C30H23F33O12S/c31-16(32,19(37,38)22(43,44)25(49,50)28(55,56)57)8-70-1-4-73-12(64)7-11(14(65)74-5-2-71-9-17(33,34)20(39,40)23(45,46)26(51,52)29(58,59)60)13(76(67,68)69)15(66)75-6-3-72-10-18(35,36)21(41,42)24(47,48)27(53,54)30(61,62)63/h11,13H,1-10H2,(H,67,68,69). The van der Waals surface area contributed by atoms with E-state index < -0.39 is 195 Å². The van der Waals surface area contributed by atoms with Gasteiger partial charge in [0, 0.05) is 0 Å². The number of carbonyl (C=O) groups excluding carboxylic acids is 3. The predicted octanol–water partition coefficient (Wildman–Crippen LogP) is 9.24. The lowest BCUT2D eigenvalue weighted by Crippen LogP contribution is -2.67. The Labute approximate surface area is 396 Å². The fourth-order valence-electron chi connectivity index (χ4n) is 4.54. The molecule has 0 saturated carbocycles. The molecule has 0 aromatic carbocycles. The fourth-order valence-corrected chi connectivity index (χ4v) is 5.47. The van der Waals surface area contributed by atoms with Gasteiger partial charge in [0.2, 0.25) is 0 Å². The molecule has 0 heterocycles. The van der Waals surface area contributed by atoms with E-state index in [0.717, 1.165) is 0 Å². The zero-order chi connectivity index (χ0) is 61.2. The van der Waals surface area contributed by atoms with E-state index in [1.165, 1.54) is 0 Å². The summed E-state index contributed by atoms with van der Waals surface area (Å²) in [6, 6.07) is 0. The zero-order valence-corrected chi connectivity index (χ0v) is 35.9. The van der Waals surface area contributed by atoms with Crippen molar-refractivity contribution in [2.45, 2.75) is 101 Å². The number of ether oxygens (including phenoxy) is 6. The molecule has 0 aliphatic carbocycles. The van der Waals surface area contributed by atoms with Crippen LogP contribution < -0.4 is 0 Å². The number of alkyl halides is 33. The van der Waals surface area contributed by atoms with Gasteiger partial charge in [0.25, 0.3) is 10.1 Å². The SMILES string of the molecule is O=C(CC(C(=O)OCCOCC(F)(F)C(F)(F)C(F)(F)C(F)(F)C(F)(F)F)C(C(=O)OCCOCC(F)(F)C(F)(F)C(F)(F)C(F)(F)C(F)(F)F)S(=O)(=O)O)OCCOCC(F)(F)C(F)(F)C(F)(F)C(F)(F)C(F)(F)F. The van der Waals surface area contributed by atoms with Crippen molar-refractivity contribution in [2.24, 2.45) is 5.92 Å². The monoisotopic (exact) mass is 1230 g/mol. The molecule has 76 heavy (non-hydrogen) atoms. The molecule has 0 spiro atoms. The molecular formula is C30H23F33O12S. The number of hydrogen-bond donors (Lipinski definition) is 1. The molecule has 0 aromatic rings. The number of carbonyl (C=O) groups is 3. The van der Waals surface area contributed by atoms with Crippen molar-refractivity contribution in [2.75, 3.05) is 59.5 Å². The molecule has 1 N–H and O–H groups in total. The van der Waals surface area contributed by atoms with Gasteiger partial charge in [-0.05, 0) is 0 Å². The Kier molecular flexibility index (Phi) is 21.7. The molecule has 2 unspecified atom stereocenters. The van der Waals surface area contributed by atoms with E-state index >= 15 is 0 Å². The lowest BCUT2D eigenvalue weighted by molar-refractivity contribution is -0.424. The van der Waals surface area contributed by atoms with E-state index in [9.17, 15) is 172 Å². The molecule has 0 fully saturated rings. The van der Waals surface area contributed by atoms with Crippen LogP contribution in [-0.2, 0) is 52.9 Å². The van der Waals surface area contributed by atoms with Crippen LogP contribution in [0.25, 0.3) is 0 Å². The first kappa shape index (κ1) is 71.9. The molecule has 0 saturated heterocycles. The summed E-state index contributed by atoms with van der Waals surface area (Å²) in [5.41, 5.74) is 0. The van der Waals surface area contributed by atoms with Gasteiger partial charge in [-0.25, -0.2) is 0 Å². The zero-order valence-electron chi connectivity index (χ0n) is 35.0. The molecule has 12 nitrogen and oxygen atoms in total. The van der Waals surface area contributed by atoms with E-state index in [4.69, 9.17) is 0 Å². The second-order valence-electron chi connectivity index (χ2n) is 14.2. The normalized spacial score (nSPS) is 16.1. The van der Waals surface area contributed by atoms with Crippen LogP contribution in [0.3, 0.4) is 0 Å². The van der Waals surface area contributed by atoms with Crippen LogP contribution in [0, 0.1) is 5.92 Å².